The van der Waals surface area contributed by atoms with Gasteiger partial charge in [-0.1, -0.05) is 51.5 Å². The predicted octanol–water partition coefficient (Wildman–Crippen LogP) is 9.18. The zero-order chi connectivity index (χ0) is 52.9. The summed E-state index contributed by atoms with van der Waals surface area (Å²) in [6.45, 7) is 13.9. The van der Waals surface area contributed by atoms with E-state index in [1.165, 1.54) is 11.0 Å². The summed E-state index contributed by atoms with van der Waals surface area (Å²) < 4.78 is 46.7. The Morgan fingerprint density at radius 2 is 1.60 bits per heavy atom. The van der Waals surface area contributed by atoms with Crippen molar-refractivity contribution in [2.75, 3.05) is 37.8 Å². The van der Waals surface area contributed by atoms with Crippen LogP contribution in [0.1, 0.15) is 138 Å². The predicted molar refractivity (Wildman–Crippen MR) is 277 cm³/mol. The highest BCUT2D eigenvalue weighted by atomic mass is 32.1. The van der Waals surface area contributed by atoms with Crippen LogP contribution in [0.5, 0.6) is 5.75 Å². The van der Waals surface area contributed by atoms with Crippen molar-refractivity contribution in [2.24, 2.45) is 5.41 Å². The van der Waals surface area contributed by atoms with Crippen LogP contribution in [-0.2, 0) is 25.4 Å². The molecule has 0 bridgehead atoms. The summed E-state index contributed by atoms with van der Waals surface area (Å²) in [7, 11) is 1.59. The first-order valence-corrected chi connectivity index (χ1v) is 25.9. The molecule has 15 nitrogen and oxygen atoms in total. The number of halogens is 3. The Labute approximate surface area is 428 Å². The molecule has 5 atom stereocenters. The van der Waals surface area contributed by atoms with Gasteiger partial charge in [0.2, 0.25) is 23.6 Å². The zero-order valence-corrected chi connectivity index (χ0v) is 43.7. The van der Waals surface area contributed by atoms with E-state index >= 15 is 0 Å². The van der Waals surface area contributed by atoms with Gasteiger partial charge in [0, 0.05) is 56.0 Å². The van der Waals surface area contributed by atoms with Gasteiger partial charge in [-0.05, 0) is 111 Å². The lowest BCUT2D eigenvalue weighted by atomic mass is 9.85. The number of nitrogens with zero attached hydrogens (tertiary/aromatic N) is 5. The standard InChI is InChI=1S/C54H68F3N9O6S/c1-30(34-14-16-36(17-15-34)48-32(3)59-29-73-48)61-51(70)44-25-40(67)28-66(44)52(71)49(53(5,6)7)64-46(68)12-10-9-11-13-47(69)65-20-18-35(19-21-65)41-26-42-43(27-45(41)72-8)62-33(4)63-50(42)60-31(2)37-22-38(54(55,56)57)24-39(58)23-37/h14-17,22-24,26-27,29-31,35,40,44,49,67H,9-13,18-21,25,28,58H2,1-8H3,(H,61,70)(H,64,68)(H,60,62,63)/t30-,31+,40-,44-,49+/m0/s1. The van der Waals surface area contributed by atoms with Crippen molar-refractivity contribution >= 4 is 57.4 Å². The van der Waals surface area contributed by atoms with Gasteiger partial charge in [-0.25, -0.2) is 15.0 Å². The van der Waals surface area contributed by atoms with Gasteiger partial charge in [0.15, 0.2) is 0 Å². The van der Waals surface area contributed by atoms with Crippen LogP contribution in [0.3, 0.4) is 0 Å². The van der Waals surface area contributed by atoms with E-state index in [1.54, 1.807) is 32.3 Å². The summed E-state index contributed by atoms with van der Waals surface area (Å²) in [4.78, 5) is 72.6. The molecule has 73 heavy (non-hydrogen) atoms. The minimum Gasteiger partial charge on any atom is -0.496 e. The Balaban J connectivity index is 0.883. The summed E-state index contributed by atoms with van der Waals surface area (Å²) in [6, 6.07) is 12.4. The Kier molecular flexibility index (Phi) is 17.0. The smallest absolute Gasteiger partial charge is 0.416 e. The van der Waals surface area contributed by atoms with Crippen LogP contribution in [0.4, 0.5) is 24.7 Å². The molecule has 2 aromatic heterocycles. The number of likely N-dealkylation sites (tertiary alicyclic amines) is 2. The molecular weight excluding hydrogens is 960 g/mol. The average molecular weight is 1030 g/mol. The van der Waals surface area contributed by atoms with Gasteiger partial charge >= 0.3 is 6.18 Å². The Hall–Kier alpha value is -6.34. The van der Waals surface area contributed by atoms with Crippen LogP contribution >= 0.6 is 11.3 Å². The minimum atomic E-state index is -4.55. The maximum atomic E-state index is 14.2. The molecular formula is C54H68F3N9O6S. The second-order valence-electron chi connectivity index (χ2n) is 20.6. The quantitative estimate of drug-likeness (QED) is 0.0439. The molecule has 6 N–H and O–H groups in total. The highest BCUT2D eigenvalue weighted by Gasteiger charge is 2.45. The number of hydrogen-bond acceptors (Lipinski definition) is 12. The first-order chi connectivity index (χ1) is 34.5. The lowest BCUT2D eigenvalue weighted by Crippen LogP contribution is -2.57. The highest BCUT2D eigenvalue weighted by Crippen LogP contribution is 2.40. The number of β-amino-alcohol motifs (C(OH)–C–C–N with tert-alkyl or cyclic N) is 1. The fourth-order valence-corrected chi connectivity index (χ4v) is 10.7. The maximum Gasteiger partial charge on any atom is 0.416 e. The number of nitrogen functional groups attached to an aromatic ring is 1. The minimum absolute atomic E-state index is 0.00701. The normalized spacial score (nSPS) is 17.8. The number of aryl methyl sites for hydroxylation is 2. The molecule has 4 heterocycles. The van der Waals surface area contributed by atoms with Crippen molar-refractivity contribution in [3.05, 3.63) is 93.9 Å². The summed E-state index contributed by atoms with van der Waals surface area (Å²) in [5, 5.41) is 20.6. The summed E-state index contributed by atoms with van der Waals surface area (Å²) in [5.41, 5.74) is 10.9. The number of carbonyl (C=O) groups is 4. The third-order valence-electron chi connectivity index (χ3n) is 14.0. The monoisotopic (exact) mass is 1030 g/mol. The van der Waals surface area contributed by atoms with E-state index in [9.17, 15) is 37.5 Å². The van der Waals surface area contributed by atoms with E-state index < -0.39 is 47.3 Å². The largest absolute Gasteiger partial charge is 0.496 e. The number of nitrogens with two attached hydrogens (primary N) is 1. The van der Waals surface area contributed by atoms with Gasteiger partial charge in [-0.15, -0.1) is 11.3 Å². The van der Waals surface area contributed by atoms with E-state index in [1.807, 2.05) is 81.4 Å². The van der Waals surface area contributed by atoms with E-state index in [0.717, 1.165) is 39.4 Å². The number of amides is 4. The van der Waals surface area contributed by atoms with Crippen molar-refractivity contribution in [3.63, 3.8) is 0 Å². The molecule has 2 aliphatic rings. The van der Waals surface area contributed by atoms with Crippen molar-refractivity contribution in [1.82, 2.24) is 35.4 Å². The number of carbonyl (C=O) groups excluding carboxylic acids is 4. The van der Waals surface area contributed by atoms with Crippen LogP contribution < -0.4 is 26.4 Å². The van der Waals surface area contributed by atoms with Crippen molar-refractivity contribution in [3.8, 4) is 16.2 Å². The molecule has 7 rings (SSSR count). The van der Waals surface area contributed by atoms with E-state index in [2.05, 4.69) is 30.9 Å². The number of piperidine rings is 1. The van der Waals surface area contributed by atoms with Crippen molar-refractivity contribution in [1.29, 1.82) is 0 Å². The molecule has 19 heteroatoms. The number of rotatable bonds is 17. The highest BCUT2D eigenvalue weighted by molar-refractivity contribution is 7.13. The second kappa shape index (κ2) is 22.8. The summed E-state index contributed by atoms with van der Waals surface area (Å²) in [5.74, 6) is 0.559. The lowest BCUT2D eigenvalue weighted by Gasteiger charge is -2.35. The molecule has 0 unspecified atom stereocenters. The van der Waals surface area contributed by atoms with E-state index in [4.69, 9.17) is 10.5 Å². The summed E-state index contributed by atoms with van der Waals surface area (Å²) in [6.07, 6.45) is -1.79. The number of ether oxygens (including phenoxy) is 1. The van der Waals surface area contributed by atoms with Crippen LogP contribution in [0.15, 0.2) is 60.1 Å². The number of aromatic nitrogens is 3. The van der Waals surface area contributed by atoms with Gasteiger partial charge in [0.1, 0.15) is 29.5 Å². The third kappa shape index (κ3) is 13.3. The van der Waals surface area contributed by atoms with Gasteiger partial charge in [-0.2, -0.15) is 13.2 Å². The maximum absolute atomic E-state index is 14.2. The molecule has 0 saturated carbocycles. The van der Waals surface area contributed by atoms with Gasteiger partial charge in [-0.3, -0.25) is 19.2 Å². The number of benzene rings is 3. The SMILES string of the molecule is COc1cc2nc(C)nc(N[C@H](C)c3cc(N)cc(C(F)(F)F)c3)c2cc1C1CCN(C(=O)CCCCCC(=O)N[C@H](C(=O)N2C[C@@H](O)C[C@H]2C(=O)N[C@@H](C)c2ccc(-c3scnc3C)cc2)C(C)(C)C)CC1. The number of hydrogen-bond donors (Lipinski definition) is 5. The molecule has 0 radical (unpaired) electrons. The first-order valence-electron chi connectivity index (χ1n) is 25.0. The van der Waals surface area contributed by atoms with E-state index in [0.29, 0.717) is 85.5 Å². The Morgan fingerprint density at radius 3 is 2.25 bits per heavy atom. The number of methoxy groups -OCH3 is 1. The van der Waals surface area contributed by atoms with E-state index in [-0.39, 0.29) is 54.8 Å². The molecule has 2 fully saturated rings. The molecule has 4 amide bonds. The lowest BCUT2D eigenvalue weighted by molar-refractivity contribution is -0.144. The van der Waals surface area contributed by atoms with Crippen LogP contribution in [0.2, 0.25) is 0 Å². The van der Waals surface area contributed by atoms with Gasteiger partial charge in [0.25, 0.3) is 0 Å². The molecule has 0 spiro atoms. The fourth-order valence-electron chi connectivity index (χ4n) is 9.86. The van der Waals surface area contributed by atoms with Gasteiger partial charge < -0.3 is 41.3 Å². The molecule has 2 aliphatic heterocycles. The number of alkyl halides is 3. The topological polar surface area (TPSA) is 205 Å². The number of unbranched alkanes of at least 4 members (excludes halogenated alkanes) is 2. The zero-order valence-electron chi connectivity index (χ0n) is 42.9. The molecule has 3 aromatic carbocycles. The molecule has 2 saturated heterocycles. The number of fused-ring (bicyclic) bond motifs is 1. The van der Waals surface area contributed by atoms with Gasteiger partial charge in [0.05, 0.1) is 52.5 Å². The van der Waals surface area contributed by atoms with Crippen LogP contribution in [-0.4, -0.2) is 98.4 Å². The summed E-state index contributed by atoms with van der Waals surface area (Å²) >= 11 is 1.56. The average Bonchev–Trinajstić information content (AvgIpc) is 3.96. The molecule has 5 aromatic rings. The number of aliphatic hydroxyl groups is 1. The number of thiazole rings is 1. The van der Waals surface area contributed by atoms with Crippen molar-refractivity contribution in [2.45, 2.75) is 142 Å². The number of aliphatic hydroxyl groups excluding tert-OH is 1. The van der Waals surface area contributed by atoms with Crippen LogP contribution in [0.25, 0.3) is 21.3 Å². The third-order valence-corrected chi connectivity index (χ3v) is 14.9. The Morgan fingerprint density at radius 1 is 0.904 bits per heavy atom. The Bertz CT molecular complexity index is 2790. The van der Waals surface area contributed by atoms with Crippen LogP contribution in [0, 0.1) is 19.3 Å². The number of nitrogens with one attached hydrogen (secondary N) is 3. The fraction of sp³-hybridized carbons (Fsp3) is 0.500. The molecule has 0 aliphatic carbocycles. The second-order valence-corrected chi connectivity index (χ2v) is 21.4. The number of anilines is 2. The first kappa shape index (κ1) is 54.4. The molecule has 392 valence electrons. The van der Waals surface area contributed by atoms with Crippen molar-refractivity contribution < 1.29 is 42.2 Å².